The quantitative estimate of drug-likeness (QED) is 0.145. The van der Waals surface area contributed by atoms with Crippen LogP contribution in [0.15, 0.2) is 285 Å². The Morgan fingerprint density at radius 3 is 1.58 bits per heavy atom. The molecule has 1 atom stereocenters. The van der Waals surface area contributed by atoms with Crippen molar-refractivity contribution in [1.29, 1.82) is 0 Å². The Labute approximate surface area is 450 Å². The van der Waals surface area contributed by atoms with Crippen LogP contribution in [0.4, 0.5) is 17.1 Å². The van der Waals surface area contributed by atoms with Crippen LogP contribution in [0.1, 0.15) is 27.8 Å². The average molecular weight is 995 g/mol. The van der Waals surface area contributed by atoms with Crippen molar-refractivity contribution in [2.24, 2.45) is 0 Å². The topological polar surface area (TPSA) is 8.17 Å². The summed E-state index contributed by atoms with van der Waals surface area (Å²) in [6, 6.07) is 108. The molecule has 2 aliphatic heterocycles. The number of fused-ring (bicyclic) bond motifs is 16. The lowest BCUT2D eigenvalue weighted by molar-refractivity contribution is 0.769. The number of anilines is 3. The van der Waals surface area contributed by atoms with Crippen LogP contribution in [0, 0.1) is 6.92 Å². The normalized spacial score (nSPS) is 15.0. The molecule has 0 radical (unpaired) electrons. The van der Waals surface area contributed by atoms with Crippen LogP contribution in [0.25, 0.3) is 72.0 Å². The van der Waals surface area contributed by atoms with Gasteiger partial charge in [-0.25, -0.2) is 0 Å². The van der Waals surface area contributed by atoms with E-state index in [9.17, 15) is 0 Å². The minimum atomic E-state index is -2.87. The highest BCUT2D eigenvalue weighted by molar-refractivity contribution is 7.25. The Morgan fingerprint density at radius 2 is 0.896 bits per heavy atom. The maximum absolute atomic E-state index is 2.87. The molecule has 0 amide bonds. The summed E-state index contributed by atoms with van der Waals surface area (Å²) in [5, 5.41) is 8.35. The Kier molecular flexibility index (Phi) is 9.52. The Bertz CT molecular complexity index is 4450. The molecule has 0 N–H and O–H groups in total. The molecule has 0 saturated carbocycles. The van der Waals surface area contributed by atoms with Gasteiger partial charge in [-0.2, -0.15) is 0 Å². The van der Waals surface area contributed by atoms with Crippen LogP contribution in [0.3, 0.4) is 0 Å². The summed E-state index contributed by atoms with van der Waals surface area (Å²) in [7, 11) is -2.87. The first kappa shape index (κ1) is 43.8. The SMILES string of the molecule is Cc1cccc(-c2ccc(N(c3ccc(C4(c5ccccc5)c5ccccc5-c5cc6c(cc54)c4ccccc4n6-c4ccccc4)cc3)c3cccc4c3[Si]3(c5ccccc5-c5ccccc53)c3ccccc3-4)cc2)c1. The van der Waals surface area contributed by atoms with Gasteiger partial charge in [0.15, 0.2) is 8.07 Å². The number of para-hydroxylation sites is 2. The molecule has 3 aliphatic rings. The molecule has 1 spiro atoms. The fraction of sp³-hybridized carbons (Fsp3) is 0.0270. The summed E-state index contributed by atoms with van der Waals surface area (Å²) in [6.45, 7) is 2.17. The molecule has 3 heterocycles. The van der Waals surface area contributed by atoms with E-state index >= 15 is 0 Å². The smallest absolute Gasteiger partial charge is 0.184 e. The van der Waals surface area contributed by atoms with Crippen molar-refractivity contribution in [2.45, 2.75) is 12.3 Å². The summed E-state index contributed by atoms with van der Waals surface area (Å²) in [5.74, 6) is 0. The first-order valence-electron chi connectivity index (χ1n) is 26.9. The fourth-order valence-corrected chi connectivity index (χ4v) is 20.1. The van der Waals surface area contributed by atoms with Crippen LogP contribution in [0.5, 0.6) is 0 Å². The first-order valence-corrected chi connectivity index (χ1v) is 28.9. The molecule has 13 aromatic rings. The van der Waals surface area contributed by atoms with Gasteiger partial charge in [-0.15, -0.1) is 0 Å². The summed E-state index contributed by atoms with van der Waals surface area (Å²) < 4.78 is 2.45. The number of aromatic nitrogens is 1. The lowest BCUT2D eigenvalue weighted by Crippen LogP contribution is -2.71. The predicted molar refractivity (Wildman–Crippen MR) is 325 cm³/mol. The summed E-state index contributed by atoms with van der Waals surface area (Å²) in [6.07, 6.45) is 0. The Balaban J connectivity index is 0.945. The number of aryl methyl sites for hydroxylation is 1. The minimum Gasteiger partial charge on any atom is -0.311 e. The van der Waals surface area contributed by atoms with E-state index in [1.807, 2.05) is 0 Å². The molecule has 1 unspecified atom stereocenters. The highest BCUT2D eigenvalue weighted by Crippen LogP contribution is 2.58. The predicted octanol–water partition coefficient (Wildman–Crippen LogP) is 15.9. The van der Waals surface area contributed by atoms with Gasteiger partial charge in [-0.3, -0.25) is 0 Å². The van der Waals surface area contributed by atoms with Gasteiger partial charge in [0.1, 0.15) is 0 Å². The molecule has 0 saturated heterocycles. The molecule has 77 heavy (non-hydrogen) atoms. The molecular formula is C74H50N2Si. The first-order chi connectivity index (χ1) is 38.1. The molecule has 0 bridgehead atoms. The van der Waals surface area contributed by atoms with Crippen molar-refractivity contribution < 1.29 is 0 Å². The van der Waals surface area contributed by atoms with E-state index in [1.54, 1.807) is 0 Å². The van der Waals surface area contributed by atoms with E-state index in [0.29, 0.717) is 0 Å². The maximum Gasteiger partial charge on any atom is 0.184 e. The second-order valence-electron chi connectivity index (χ2n) is 21.1. The molecule has 2 nitrogen and oxygen atoms in total. The van der Waals surface area contributed by atoms with Crippen molar-refractivity contribution in [3.05, 3.63) is 313 Å². The monoisotopic (exact) mass is 994 g/mol. The fourth-order valence-electron chi connectivity index (χ4n) is 14.3. The van der Waals surface area contributed by atoms with E-state index in [2.05, 4.69) is 302 Å². The molecule has 0 fully saturated rings. The zero-order chi connectivity index (χ0) is 50.8. The largest absolute Gasteiger partial charge is 0.311 e. The van der Waals surface area contributed by atoms with Gasteiger partial charge in [-0.1, -0.05) is 230 Å². The molecule has 12 aromatic carbocycles. The summed E-state index contributed by atoms with van der Waals surface area (Å²) >= 11 is 0. The van der Waals surface area contributed by atoms with Crippen molar-refractivity contribution >= 4 is 67.7 Å². The van der Waals surface area contributed by atoms with Crippen molar-refractivity contribution in [1.82, 2.24) is 4.57 Å². The van der Waals surface area contributed by atoms with Gasteiger partial charge in [-0.05, 0) is 155 Å². The van der Waals surface area contributed by atoms with E-state index < -0.39 is 13.5 Å². The third-order valence-corrected chi connectivity index (χ3v) is 22.3. The average Bonchev–Trinajstić information content (AvgIpc) is 3.94. The van der Waals surface area contributed by atoms with Gasteiger partial charge < -0.3 is 9.47 Å². The number of rotatable bonds is 7. The van der Waals surface area contributed by atoms with Gasteiger partial charge >= 0.3 is 0 Å². The highest BCUT2D eigenvalue weighted by atomic mass is 28.3. The van der Waals surface area contributed by atoms with Crippen LogP contribution in [-0.2, 0) is 5.41 Å². The Hall–Kier alpha value is -9.54. The number of hydrogen-bond donors (Lipinski definition) is 0. The molecule has 360 valence electrons. The summed E-state index contributed by atoms with van der Waals surface area (Å²) in [5.41, 5.74) is 23.1. The second-order valence-corrected chi connectivity index (χ2v) is 24.8. The van der Waals surface area contributed by atoms with Gasteiger partial charge in [0.25, 0.3) is 0 Å². The van der Waals surface area contributed by atoms with Crippen LogP contribution >= 0.6 is 0 Å². The molecule has 3 heteroatoms. The standard InChI is InChI=1S/C74H50N2Si/c1-49-20-18-21-51(46-49)50-38-42-55(43-39-50)75(68-34-19-31-62-61-30-12-17-37-72(61)77(73(62)68)70-35-15-10-28-59(70)60-29-11-16-36-71(60)77)56-44-40-53(41-45-56)74(52-22-4-2-5-23-52)65-32-13-8-26-57(65)63-48-69-64(47-66(63)74)58-27-9-14-33-67(58)76(69)54-24-6-3-7-25-54/h2-48H,1H3. The Morgan fingerprint density at radius 1 is 0.351 bits per heavy atom. The number of hydrogen-bond acceptors (Lipinski definition) is 1. The molecule has 16 rings (SSSR count). The third-order valence-electron chi connectivity index (χ3n) is 17.3. The van der Waals surface area contributed by atoms with E-state index in [-0.39, 0.29) is 0 Å². The van der Waals surface area contributed by atoms with Crippen LogP contribution in [-0.4, -0.2) is 12.6 Å². The van der Waals surface area contributed by atoms with Crippen molar-refractivity contribution in [2.75, 3.05) is 4.90 Å². The van der Waals surface area contributed by atoms with Crippen molar-refractivity contribution in [3.63, 3.8) is 0 Å². The number of nitrogens with zero attached hydrogens (tertiary/aromatic N) is 2. The van der Waals surface area contributed by atoms with E-state index in [0.717, 1.165) is 17.1 Å². The highest BCUT2D eigenvalue weighted by Gasteiger charge is 2.55. The minimum absolute atomic E-state index is 0.611. The van der Waals surface area contributed by atoms with Gasteiger partial charge in [0.2, 0.25) is 0 Å². The molecule has 1 aromatic heterocycles. The van der Waals surface area contributed by atoms with Crippen molar-refractivity contribution in [3.8, 4) is 50.2 Å². The van der Waals surface area contributed by atoms with E-state index in [4.69, 9.17) is 0 Å². The van der Waals surface area contributed by atoms with E-state index in [1.165, 1.54) is 121 Å². The van der Waals surface area contributed by atoms with Gasteiger partial charge in [0, 0.05) is 33.5 Å². The van der Waals surface area contributed by atoms with Crippen LogP contribution < -0.4 is 25.6 Å². The lowest BCUT2D eigenvalue weighted by atomic mass is 9.67. The zero-order valence-electron chi connectivity index (χ0n) is 42.5. The second kappa shape index (κ2) is 16.7. The maximum atomic E-state index is 2.57. The van der Waals surface area contributed by atoms with Gasteiger partial charge in [0.05, 0.1) is 16.4 Å². The molecule has 1 aliphatic carbocycles. The lowest BCUT2D eigenvalue weighted by Gasteiger charge is -2.36. The third kappa shape index (κ3) is 6.06. The zero-order valence-corrected chi connectivity index (χ0v) is 43.5. The molecular weight excluding hydrogens is 945 g/mol. The summed E-state index contributed by atoms with van der Waals surface area (Å²) in [4.78, 5) is 2.57. The number of benzene rings is 12. The van der Waals surface area contributed by atoms with Crippen LogP contribution in [0.2, 0.25) is 0 Å².